The minimum absolute atomic E-state index is 0.0662. The van der Waals surface area contributed by atoms with Gasteiger partial charge in [0.25, 0.3) is 11.7 Å². The molecule has 0 aliphatic carbocycles. The molecule has 7 nitrogen and oxygen atoms in total. The summed E-state index contributed by atoms with van der Waals surface area (Å²) in [5, 5.41) is 11.5. The van der Waals surface area contributed by atoms with Gasteiger partial charge in [0.05, 0.1) is 18.2 Å². The fraction of sp³-hybridized carbons (Fsp3) is 0.500. The largest absolute Gasteiger partial charge is 0.507 e. The van der Waals surface area contributed by atoms with Gasteiger partial charge in [-0.05, 0) is 80.9 Å². The van der Waals surface area contributed by atoms with Crippen LogP contribution in [0.3, 0.4) is 0 Å². The highest BCUT2D eigenvalue weighted by atomic mass is 16.5. The average Bonchev–Trinajstić information content (AvgIpc) is 3.44. The lowest BCUT2D eigenvalue weighted by Crippen LogP contribution is -2.33. The predicted molar refractivity (Wildman–Crippen MR) is 153 cm³/mol. The van der Waals surface area contributed by atoms with Gasteiger partial charge in [0, 0.05) is 18.5 Å². The fourth-order valence-electron chi connectivity index (χ4n) is 5.47. The zero-order valence-corrected chi connectivity index (χ0v) is 23.7. The Kier molecular flexibility index (Phi) is 9.68. The number of aliphatic hydroxyl groups excluding tert-OH is 1. The summed E-state index contributed by atoms with van der Waals surface area (Å²) < 4.78 is 11.7. The van der Waals surface area contributed by atoms with Crippen LogP contribution in [0.1, 0.15) is 76.1 Å². The van der Waals surface area contributed by atoms with Gasteiger partial charge in [-0.25, -0.2) is 0 Å². The summed E-state index contributed by atoms with van der Waals surface area (Å²) in [6, 6.07) is 12.3. The zero-order chi connectivity index (χ0) is 27.9. The number of fused-ring (bicyclic) bond motifs is 1. The van der Waals surface area contributed by atoms with Crippen LogP contribution in [0.4, 0.5) is 0 Å². The van der Waals surface area contributed by atoms with Crippen molar-refractivity contribution in [3.05, 3.63) is 64.7 Å². The number of ether oxygens (including phenoxy) is 2. The molecule has 0 radical (unpaired) electrons. The van der Waals surface area contributed by atoms with Gasteiger partial charge in [0.2, 0.25) is 0 Å². The molecule has 1 fully saturated rings. The molecular weight excluding hydrogens is 492 g/mol. The van der Waals surface area contributed by atoms with Crippen LogP contribution in [0.2, 0.25) is 0 Å². The quantitative estimate of drug-likeness (QED) is 0.153. The molecule has 7 heteroatoms. The average molecular weight is 535 g/mol. The van der Waals surface area contributed by atoms with Crippen LogP contribution in [0, 0.1) is 0 Å². The molecule has 4 rings (SSSR count). The molecule has 1 saturated heterocycles. The molecule has 2 aliphatic rings. The van der Waals surface area contributed by atoms with Crippen LogP contribution in [-0.4, -0.2) is 65.5 Å². The van der Waals surface area contributed by atoms with E-state index in [-0.39, 0.29) is 17.4 Å². The van der Waals surface area contributed by atoms with Crippen molar-refractivity contribution in [2.24, 2.45) is 0 Å². The number of Topliss-reactive ketones (excluding diaryl/α,β-unsaturated/α-hetero) is 1. The number of hydrogen-bond donors (Lipinski definition) is 1. The number of unbranched alkanes of at least 4 members (excludes halogenated alkanes) is 2. The Balaban J connectivity index is 1.66. The lowest BCUT2D eigenvalue weighted by Gasteiger charge is -2.27. The molecule has 0 aromatic heterocycles. The van der Waals surface area contributed by atoms with Gasteiger partial charge in [0.1, 0.15) is 23.4 Å². The van der Waals surface area contributed by atoms with E-state index in [1.807, 2.05) is 43.3 Å². The van der Waals surface area contributed by atoms with Gasteiger partial charge in [0.15, 0.2) is 0 Å². The Hall–Kier alpha value is -3.32. The molecule has 2 heterocycles. The van der Waals surface area contributed by atoms with Crippen molar-refractivity contribution in [1.29, 1.82) is 0 Å². The highest BCUT2D eigenvalue weighted by Crippen LogP contribution is 2.41. The molecule has 1 amide bonds. The van der Waals surface area contributed by atoms with Crippen molar-refractivity contribution >= 4 is 17.4 Å². The summed E-state index contributed by atoms with van der Waals surface area (Å²) in [6.45, 7) is 12.2. The first-order chi connectivity index (χ1) is 18.9. The van der Waals surface area contributed by atoms with Gasteiger partial charge >= 0.3 is 0 Å². The van der Waals surface area contributed by atoms with Gasteiger partial charge in [-0.1, -0.05) is 45.7 Å². The van der Waals surface area contributed by atoms with Crippen LogP contribution in [0.15, 0.2) is 48.0 Å². The highest BCUT2D eigenvalue weighted by molar-refractivity contribution is 6.46. The van der Waals surface area contributed by atoms with E-state index in [0.717, 1.165) is 74.4 Å². The van der Waals surface area contributed by atoms with E-state index in [1.54, 1.807) is 11.0 Å². The molecule has 2 aromatic rings. The maximum atomic E-state index is 13.4. The number of carbonyl (C=O) groups is 2. The summed E-state index contributed by atoms with van der Waals surface area (Å²) in [4.78, 5) is 30.6. The summed E-state index contributed by atoms with van der Waals surface area (Å²) in [5.74, 6) is 0.180. The molecule has 2 aliphatic heterocycles. The van der Waals surface area contributed by atoms with Crippen LogP contribution in [0.5, 0.6) is 11.5 Å². The summed E-state index contributed by atoms with van der Waals surface area (Å²) in [5.41, 5.74) is 2.42. The Morgan fingerprint density at radius 3 is 2.49 bits per heavy atom. The number of aliphatic hydroxyl groups is 1. The number of amides is 1. The molecular formula is C32H42N2O5. The normalized spacial score (nSPS) is 20.0. The maximum absolute atomic E-state index is 13.4. The number of rotatable bonds is 13. The maximum Gasteiger partial charge on any atom is 0.295 e. The molecule has 1 N–H and O–H groups in total. The van der Waals surface area contributed by atoms with Crippen molar-refractivity contribution in [2.45, 2.75) is 71.9 Å². The van der Waals surface area contributed by atoms with Crippen LogP contribution < -0.4 is 9.47 Å². The SMILES string of the molecule is CCCCCOc1ccc([C@H]2C(=C(O)c3ccc4c(c3)C[C@H](C)O4)C(=O)C(=O)N2CCCN(CC)CC)cc1. The van der Waals surface area contributed by atoms with Crippen molar-refractivity contribution in [1.82, 2.24) is 9.80 Å². The summed E-state index contributed by atoms with van der Waals surface area (Å²) in [6.07, 6.45) is 4.78. The smallest absolute Gasteiger partial charge is 0.295 e. The molecule has 39 heavy (non-hydrogen) atoms. The Bertz CT molecular complexity index is 1190. The van der Waals surface area contributed by atoms with Crippen molar-refractivity contribution in [3.8, 4) is 11.5 Å². The second-order valence-electron chi connectivity index (χ2n) is 10.5. The third kappa shape index (κ3) is 6.47. The summed E-state index contributed by atoms with van der Waals surface area (Å²) >= 11 is 0. The van der Waals surface area contributed by atoms with E-state index in [9.17, 15) is 14.7 Å². The van der Waals surface area contributed by atoms with Crippen molar-refractivity contribution in [2.75, 3.05) is 32.8 Å². The number of carbonyl (C=O) groups excluding carboxylic acids is 2. The minimum atomic E-state index is -0.667. The van der Waals surface area contributed by atoms with E-state index in [1.165, 1.54) is 0 Å². The van der Waals surface area contributed by atoms with E-state index in [2.05, 4.69) is 25.7 Å². The first-order valence-corrected chi connectivity index (χ1v) is 14.4. The number of hydrogen-bond acceptors (Lipinski definition) is 6. The Morgan fingerprint density at radius 1 is 1.05 bits per heavy atom. The molecule has 0 spiro atoms. The van der Waals surface area contributed by atoms with E-state index >= 15 is 0 Å². The van der Waals surface area contributed by atoms with Crippen LogP contribution in [0.25, 0.3) is 5.76 Å². The van der Waals surface area contributed by atoms with Gasteiger partial charge in [-0.15, -0.1) is 0 Å². The van der Waals surface area contributed by atoms with E-state index in [0.29, 0.717) is 18.7 Å². The van der Waals surface area contributed by atoms with Crippen LogP contribution in [-0.2, 0) is 16.0 Å². The molecule has 0 saturated carbocycles. The standard InChI is InChI=1S/C32H42N2O5/c1-5-8-9-19-38-26-14-11-23(12-15-26)29-28(30(35)24-13-16-27-25(21-24)20-22(4)39-27)31(36)32(37)34(29)18-10-17-33(6-2)7-3/h11-16,21-22,29,35H,5-10,17-20H2,1-4H3/t22-,29-/m0/s1. The first-order valence-electron chi connectivity index (χ1n) is 14.4. The molecule has 2 aromatic carbocycles. The van der Waals surface area contributed by atoms with Crippen LogP contribution >= 0.6 is 0 Å². The van der Waals surface area contributed by atoms with Gasteiger partial charge in [-0.3, -0.25) is 9.59 Å². The molecule has 0 bridgehead atoms. The third-order valence-electron chi connectivity index (χ3n) is 7.69. The van der Waals surface area contributed by atoms with Gasteiger partial charge < -0.3 is 24.4 Å². The second kappa shape index (κ2) is 13.2. The molecule has 2 atom stereocenters. The first kappa shape index (κ1) is 28.7. The lowest BCUT2D eigenvalue weighted by molar-refractivity contribution is -0.140. The molecule has 210 valence electrons. The van der Waals surface area contributed by atoms with E-state index < -0.39 is 17.7 Å². The number of benzene rings is 2. The second-order valence-corrected chi connectivity index (χ2v) is 10.5. The van der Waals surface area contributed by atoms with Crippen molar-refractivity contribution < 1.29 is 24.2 Å². The Morgan fingerprint density at radius 2 is 1.79 bits per heavy atom. The Labute approximate surface area is 232 Å². The highest BCUT2D eigenvalue weighted by Gasteiger charge is 2.46. The minimum Gasteiger partial charge on any atom is -0.507 e. The number of ketones is 1. The van der Waals surface area contributed by atoms with E-state index in [4.69, 9.17) is 9.47 Å². The fourth-order valence-corrected chi connectivity index (χ4v) is 5.47. The summed E-state index contributed by atoms with van der Waals surface area (Å²) in [7, 11) is 0. The monoisotopic (exact) mass is 534 g/mol. The topological polar surface area (TPSA) is 79.3 Å². The predicted octanol–water partition coefficient (Wildman–Crippen LogP) is 5.73. The number of likely N-dealkylation sites (tertiary alicyclic amines) is 1. The zero-order valence-electron chi connectivity index (χ0n) is 23.7. The van der Waals surface area contributed by atoms with Gasteiger partial charge in [-0.2, -0.15) is 0 Å². The third-order valence-corrected chi connectivity index (χ3v) is 7.69. The number of nitrogens with zero attached hydrogens (tertiary/aromatic N) is 2. The molecule has 0 unspecified atom stereocenters. The van der Waals surface area contributed by atoms with Crippen molar-refractivity contribution in [3.63, 3.8) is 0 Å². The lowest BCUT2D eigenvalue weighted by atomic mass is 9.94.